The van der Waals surface area contributed by atoms with Crippen LogP contribution >= 0.6 is 0 Å². The summed E-state index contributed by atoms with van der Waals surface area (Å²) < 4.78 is 17.6. The fraction of sp³-hybridized carbons (Fsp3) is 0.375. The van der Waals surface area contributed by atoms with E-state index in [4.69, 9.17) is 9.84 Å². The van der Waals surface area contributed by atoms with Crippen LogP contribution in [0.3, 0.4) is 0 Å². The van der Waals surface area contributed by atoms with Crippen molar-refractivity contribution in [2.24, 2.45) is 0 Å². The second-order valence-corrected chi connectivity index (χ2v) is 2.45. The molecule has 4 heteroatoms. The lowest BCUT2D eigenvalue weighted by molar-refractivity contribution is 0.119. The van der Waals surface area contributed by atoms with Crippen LogP contribution in [0, 0.1) is 5.95 Å². The van der Waals surface area contributed by atoms with E-state index < -0.39 is 12.1 Å². The maximum Gasteiger partial charge on any atom is 0.255 e. The van der Waals surface area contributed by atoms with Gasteiger partial charge in [0, 0.05) is 6.20 Å². The first-order valence-electron chi connectivity index (χ1n) is 3.61. The highest BCUT2D eigenvalue weighted by Gasteiger charge is 2.03. The largest absolute Gasteiger partial charge is 0.486 e. The van der Waals surface area contributed by atoms with E-state index in [0.717, 1.165) is 0 Å². The third-order valence-electron chi connectivity index (χ3n) is 1.20. The van der Waals surface area contributed by atoms with E-state index in [2.05, 4.69) is 4.98 Å². The molecule has 1 aromatic heterocycles. The Kier molecular flexibility index (Phi) is 2.99. The SMILES string of the molecule is CC(O)COc1cccnc1F. The molecule has 1 N–H and O–H groups in total. The van der Waals surface area contributed by atoms with E-state index in [9.17, 15) is 4.39 Å². The summed E-state index contributed by atoms with van der Waals surface area (Å²) >= 11 is 0. The monoisotopic (exact) mass is 171 g/mol. The molecular formula is C8H10FNO2. The first kappa shape index (κ1) is 8.93. The molecule has 0 saturated carbocycles. The van der Waals surface area contributed by atoms with Crippen molar-refractivity contribution in [1.82, 2.24) is 4.98 Å². The van der Waals surface area contributed by atoms with Gasteiger partial charge in [-0.1, -0.05) is 0 Å². The minimum atomic E-state index is -0.654. The smallest absolute Gasteiger partial charge is 0.255 e. The number of hydrogen-bond donors (Lipinski definition) is 1. The fourth-order valence-corrected chi connectivity index (χ4v) is 0.689. The van der Waals surface area contributed by atoms with Gasteiger partial charge in [-0.05, 0) is 19.1 Å². The van der Waals surface area contributed by atoms with Crippen molar-refractivity contribution in [3.05, 3.63) is 24.3 Å². The van der Waals surface area contributed by atoms with Gasteiger partial charge in [0.2, 0.25) is 0 Å². The average molecular weight is 171 g/mol. The number of rotatable bonds is 3. The molecule has 0 radical (unpaired) electrons. The van der Waals surface area contributed by atoms with Gasteiger partial charge in [-0.15, -0.1) is 0 Å². The molecule has 12 heavy (non-hydrogen) atoms. The molecule has 1 aromatic rings. The molecule has 3 nitrogen and oxygen atoms in total. The Balaban J connectivity index is 2.57. The maximum absolute atomic E-state index is 12.7. The Morgan fingerprint density at radius 1 is 1.75 bits per heavy atom. The van der Waals surface area contributed by atoms with Gasteiger partial charge in [-0.3, -0.25) is 0 Å². The van der Waals surface area contributed by atoms with Crippen LogP contribution in [-0.2, 0) is 0 Å². The standard InChI is InChI=1S/C8H10FNO2/c1-6(11)5-12-7-3-2-4-10-8(7)9/h2-4,6,11H,5H2,1H3. The van der Waals surface area contributed by atoms with Crippen molar-refractivity contribution < 1.29 is 14.2 Å². The highest BCUT2D eigenvalue weighted by Crippen LogP contribution is 2.12. The second-order valence-electron chi connectivity index (χ2n) is 2.45. The number of hydrogen-bond acceptors (Lipinski definition) is 3. The Hall–Kier alpha value is -1.16. The van der Waals surface area contributed by atoms with Crippen LogP contribution in [0.2, 0.25) is 0 Å². The van der Waals surface area contributed by atoms with Crippen LogP contribution in [0.1, 0.15) is 6.92 Å². The van der Waals surface area contributed by atoms with E-state index in [1.807, 2.05) is 0 Å². The van der Waals surface area contributed by atoms with E-state index in [1.165, 1.54) is 12.3 Å². The van der Waals surface area contributed by atoms with Crippen molar-refractivity contribution in [1.29, 1.82) is 0 Å². The minimum absolute atomic E-state index is 0.0680. The molecule has 0 fully saturated rings. The molecular weight excluding hydrogens is 161 g/mol. The first-order valence-corrected chi connectivity index (χ1v) is 3.61. The average Bonchev–Trinajstić information content (AvgIpc) is 2.03. The van der Waals surface area contributed by atoms with Crippen LogP contribution in [0.4, 0.5) is 4.39 Å². The first-order chi connectivity index (χ1) is 5.70. The lowest BCUT2D eigenvalue weighted by atomic mass is 10.4. The van der Waals surface area contributed by atoms with E-state index in [0.29, 0.717) is 0 Å². The molecule has 0 amide bonds. The summed E-state index contributed by atoms with van der Waals surface area (Å²) in [6.07, 6.45) is 0.731. The predicted molar refractivity (Wildman–Crippen MR) is 41.4 cm³/mol. The molecule has 1 rings (SSSR count). The van der Waals surface area contributed by atoms with Gasteiger partial charge in [-0.25, -0.2) is 4.98 Å². The summed E-state index contributed by atoms with van der Waals surface area (Å²) in [5.41, 5.74) is 0. The van der Waals surface area contributed by atoms with Crippen LogP contribution in [-0.4, -0.2) is 22.8 Å². The second kappa shape index (κ2) is 4.01. The van der Waals surface area contributed by atoms with Crippen LogP contribution in [0.5, 0.6) is 5.75 Å². The molecule has 0 bridgehead atoms. The van der Waals surface area contributed by atoms with E-state index in [-0.39, 0.29) is 12.4 Å². The quantitative estimate of drug-likeness (QED) is 0.689. The van der Waals surface area contributed by atoms with Gasteiger partial charge < -0.3 is 9.84 Å². The van der Waals surface area contributed by atoms with Crippen LogP contribution in [0.15, 0.2) is 18.3 Å². The zero-order valence-electron chi connectivity index (χ0n) is 6.70. The number of halogens is 1. The molecule has 0 spiro atoms. The number of pyridine rings is 1. The van der Waals surface area contributed by atoms with Crippen LogP contribution in [0.25, 0.3) is 0 Å². The van der Waals surface area contributed by atoms with Gasteiger partial charge in [0.1, 0.15) is 6.61 Å². The highest BCUT2D eigenvalue weighted by molar-refractivity contribution is 5.17. The van der Waals surface area contributed by atoms with Crippen molar-refractivity contribution in [3.63, 3.8) is 0 Å². The van der Waals surface area contributed by atoms with Gasteiger partial charge in [-0.2, -0.15) is 4.39 Å². The molecule has 1 unspecified atom stereocenters. The van der Waals surface area contributed by atoms with Crippen LogP contribution < -0.4 is 4.74 Å². The van der Waals surface area contributed by atoms with E-state index >= 15 is 0 Å². The van der Waals surface area contributed by atoms with Gasteiger partial charge in [0.25, 0.3) is 5.95 Å². The Morgan fingerprint density at radius 2 is 2.50 bits per heavy atom. The summed E-state index contributed by atoms with van der Waals surface area (Å²) in [5, 5.41) is 8.84. The summed E-state index contributed by atoms with van der Waals surface area (Å²) in [5.74, 6) is -0.587. The van der Waals surface area contributed by atoms with Gasteiger partial charge in [0.15, 0.2) is 5.75 Å². The zero-order valence-corrected chi connectivity index (χ0v) is 6.70. The third kappa shape index (κ3) is 2.47. The summed E-state index contributed by atoms with van der Waals surface area (Å²) in [6.45, 7) is 1.64. The highest BCUT2D eigenvalue weighted by atomic mass is 19.1. The molecule has 0 aromatic carbocycles. The fourth-order valence-electron chi connectivity index (χ4n) is 0.689. The maximum atomic E-state index is 12.7. The molecule has 1 atom stereocenters. The molecule has 0 saturated heterocycles. The Bertz CT molecular complexity index is 253. The van der Waals surface area contributed by atoms with Crippen molar-refractivity contribution in [3.8, 4) is 5.75 Å². The number of nitrogens with zero attached hydrogens (tertiary/aromatic N) is 1. The molecule has 66 valence electrons. The van der Waals surface area contributed by atoms with E-state index in [1.54, 1.807) is 13.0 Å². The van der Waals surface area contributed by atoms with Crippen molar-refractivity contribution in [2.75, 3.05) is 6.61 Å². The number of aromatic nitrogens is 1. The number of aliphatic hydroxyl groups is 1. The normalized spacial score (nSPS) is 12.6. The summed E-state index contributed by atoms with van der Waals surface area (Å²) in [4.78, 5) is 3.38. The molecule has 0 aliphatic rings. The Labute approximate surface area is 69.8 Å². The van der Waals surface area contributed by atoms with Gasteiger partial charge >= 0.3 is 0 Å². The molecule has 0 aliphatic carbocycles. The lowest BCUT2D eigenvalue weighted by Crippen LogP contribution is -2.13. The zero-order chi connectivity index (χ0) is 8.97. The van der Waals surface area contributed by atoms with Crippen molar-refractivity contribution >= 4 is 0 Å². The number of aliphatic hydroxyl groups excluding tert-OH is 1. The topological polar surface area (TPSA) is 42.4 Å². The third-order valence-corrected chi connectivity index (χ3v) is 1.20. The molecule has 1 heterocycles. The predicted octanol–water partition coefficient (Wildman–Crippen LogP) is 0.980. The number of ether oxygens (including phenoxy) is 1. The Morgan fingerprint density at radius 3 is 3.08 bits per heavy atom. The minimum Gasteiger partial charge on any atom is -0.486 e. The van der Waals surface area contributed by atoms with Gasteiger partial charge in [0.05, 0.1) is 6.10 Å². The lowest BCUT2D eigenvalue weighted by Gasteiger charge is -2.07. The summed E-state index contributed by atoms with van der Waals surface area (Å²) in [6, 6.07) is 3.03. The van der Waals surface area contributed by atoms with Crippen molar-refractivity contribution in [2.45, 2.75) is 13.0 Å². The summed E-state index contributed by atoms with van der Waals surface area (Å²) in [7, 11) is 0. The molecule has 0 aliphatic heterocycles.